The molecule has 0 atom stereocenters. The van der Waals surface area contributed by atoms with Gasteiger partial charge < -0.3 is 9.47 Å². The molecule has 6 heteroatoms. The number of methoxy groups -OCH3 is 2. The van der Waals surface area contributed by atoms with Crippen LogP contribution in [0.25, 0.3) is 0 Å². The maximum atomic E-state index is 13.6. The highest BCUT2D eigenvalue weighted by atomic mass is 35.5. The van der Waals surface area contributed by atoms with Crippen molar-refractivity contribution in [3.63, 3.8) is 0 Å². The number of nitrogens with one attached hydrogen (secondary N) is 1. The number of hydrogen-bond acceptors (Lipinski definition) is 4. The summed E-state index contributed by atoms with van der Waals surface area (Å²) in [5, 5.41) is 0. The molecule has 0 unspecified atom stereocenters. The van der Waals surface area contributed by atoms with Gasteiger partial charge in [-0.25, -0.2) is 4.39 Å². The van der Waals surface area contributed by atoms with E-state index in [9.17, 15) is 4.39 Å². The van der Waals surface area contributed by atoms with Gasteiger partial charge in [0.15, 0.2) is 17.3 Å². The monoisotopic (exact) mass is 236 g/mol. The molecule has 0 aliphatic carbocycles. The van der Waals surface area contributed by atoms with Gasteiger partial charge in [0.25, 0.3) is 0 Å². The van der Waals surface area contributed by atoms with Gasteiger partial charge in [0.1, 0.15) is 0 Å². The van der Waals surface area contributed by atoms with Crippen LogP contribution in [0.15, 0.2) is 12.1 Å². The van der Waals surface area contributed by atoms with E-state index >= 15 is 0 Å². The van der Waals surface area contributed by atoms with Gasteiger partial charge in [-0.05, 0) is 6.07 Å². The Kier molecular flexibility index (Phi) is 6.00. The van der Waals surface area contributed by atoms with Crippen molar-refractivity contribution in [2.45, 2.75) is 6.54 Å². The lowest BCUT2D eigenvalue weighted by atomic mass is 10.2. The molecule has 0 saturated heterocycles. The minimum atomic E-state index is -0.454. The third-order valence-electron chi connectivity index (χ3n) is 1.86. The highest BCUT2D eigenvalue weighted by molar-refractivity contribution is 5.85. The Labute approximate surface area is 93.9 Å². The lowest BCUT2D eigenvalue weighted by molar-refractivity contribution is 0.335. The SMILES string of the molecule is COc1ccc(CNN)c(F)c1OC.Cl. The highest BCUT2D eigenvalue weighted by Crippen LogP contribution is 2.31. The molecule has 0 radical (unpaired) electrons. The van der Waals surface area contributed by atoms with Crippen LogP contribution >= 0.6 is 12.4 Å². The van der Waals surface area contributed by atoms with E-state index < -0.39 is 5.82 Å². The number of halogens is 2. The van der Waals surface area contributed by atoms with Crippen LogP contribution in [-0.2, 0) is 6.54 Å². The van der Waals surface area contributed by atoms with Crippen LogP contribution < -0.4 is 20.7 Å². The Morgan fingerprint density at radius 3 is 2.47 bits per heavy atom. The van der Waals surface area contributed by atoms with Crippen molar-refractivity contribution >= 4 is 12.4 Å². The molecular weight excluding hydrogens is 223 g/mol. The van der Waals surface area contributed by atoms with Crippen molar-refractivity contribution in [3.8, 4) is 11.5 Å². The van der Waals surface area contributed by atoms with E-state index in [4.69, 9.17) is 15.3 Å². The summed E-state index contributed by atoms with van der Waals surface area (Å²) in [4.78, 5) is 0. The number of benzene rings is 1. The Hall–Kier alpha value is -1.04. The molecule has 1 rings (SSSR count). The van der Waals surface area contributed by atoms with Crippen LogP contribution in [0.4, 0.5) is 4.39 Å². The molecule has 0 saturated carbocycles. The van der Waals surface area contributed by atoms with Gasteiger partial charge in [-0.1, -0.05) is 6.07 Å². The summed E-state index contributed by atoms with van der Waals surface area (Å²) in [6.45, 7) is 0.242. The van der Waals surface area contributed by atoms with E-state index in [1.54, 1.807) is 12.1 Å². The van der Waals surface area contributed by atoms with Gasteiger partial charge in [-0.2, -0.15) is 0 Å². The summed E-state index contributed by atoms with van der Waals surface area (Å²) >= 11 is 0. The van der Waals surface area contributed by atoms with Crippen molar-refractivity contribution in [3.05, 3.63) is 23.5 Å². The molecule has 0 aliphatic rings. The molecular formula is C9H14ClFN2O2. The summed E-state index contributed by atoms with van der Waals surface area (Å²) in [5.74, 6) is 5.11. The van der Waals surface area contributed by atoms with Gasteiger partial charge in [0, 0.05) is 12.1 Å². The Morgan fingerprint density at radius 1 is 1.33 bits per heavy atom. The molecule has 15 heavy (non-hydrogen) atoms. The normalized spacial score (nSPS) is 9.33. The quantitative estimate of drug-likeness (QED) is 0.610. The van der Waals surface area contributed by atoms with Crippen molar-refractivity contribution in [2.24, 2.45) is 5.84 Å². The summed E-state index contributed by atoms with van der Waals surface area (Å²) in [6.07, 6.45) is 0. The van der Waals surface area contributed by atoms with Gasteiger partial charge in [0.2, 0.25) is 0 Å². The maximum absolute atomic E-state index is 13.6. The first-order valence-electron chi connectivity index (χ1n) is 4.07. The predicted molar refractivity (Wildman–Crippen MR) is 57.8 cm³/mol. The minimum absolute atomic E-state index is 0. The second-order valence-electron chi connectivity index (χ2n) is 2.66. The molecule has 0 aromatic heterocycles. The Balaban J connectivity index is 0.00000196. The average Bonchev–Trinajstić information content (AvgIpc) is 2.21. The third kappa shape index (κ3) is 2.95. The largest absolute Gasteiger partial charge is 0.493 e. The van der Waals surface area contributed by atoms with Crippen LogP contribution in [0.2, 0.25) is 0 Å². The average molecular weight is 237 g/mol. The van der Waals surface area contributed by atoms with E-state index in [-0.39, 0.29) is 24.7 Å². The summed E-state index contributed by atoms with van der Waals surface area (Å²) < 4.78 is 23.4. The molecule has 0 fully saturated rings. The lowest BCUT2D eigenvalue weighted by Crippen LogP contribution is -2.21. The van der Waals surface area contributed by atoms with Gasteiger partial charge >= 0.3 is 0 Å². The fraction of sp³-hybridized carbons (Fsp3) is 0.333. The fourth-order valence-corrected chi connectivity index (χ4v) is 1.18. The van der Waals surface area contributed by atoms with E-state index in [1.165, 1.54) is 14.2 Å². The second kappa shape index (κ2) is 6.44. The lowest BCUT2D eigenvalue weighted by Gasteiger charge is -2.11. The Morgan fingerprint density at radius 2 is 2.00 bits per heavy atom. The van der Waals surface area contributed by atoms with Crippen molar-refractivity contribution in [2.75, 3.05) is 14.2 Å². The first-order chi connectivity index (χ1) is 6.74. The van der Waals surface area contributed by atoms with E-state index in [0.717, 1.165) is 0 Å². The first kappa shape index (κ1) is 14.0. The van der Waals surface area contributed by atoms with Crippen LogP contribution in [0, 0.1) is 5.82 Å². The van der Waals surface area contributed by atoms with E-state index in [1.807, 2.05) is 0 Å². The third-order valence-corrected chi connectivity index (χ3v) is 1.86. The summed E-state index contributed by atoms with van der Waals surface area (Å²) in [6, 6.07) is 3.23. The first-order valence-corrected chi connectivity index (χ1v) is 4.07. The van der Waals surface area contributed by atoms with Gasteiger partial charge in [-0.3, -0.25) is 11.3 Å². The predicted octanol–water partition coefficient (Wildman–Crippen LogP) is 1.23. The van der Waals surface area contributed by atoms with Crippen LogP contribution in [0.3, 0.4) is 0 Å². The number of hydrazine groups is 1. The van der Waals surface area contributed by atoms with Crippen LogP contribution in [0.1, 0.15) is 5.56 Å². The van der Waals surface area contributed by atoms with E-state index in [2.05, 4.69) is 5.43 Å². The number of ether oxygens (including phenoxy) is 2. The van der Waals surface area contributed by atoms with Crippen LogP contribution in [0.5, 0.6) is 11.5 Å². The molecule has 0 aliphatic heterocycles. The molecule has 0 spiro atoms. The maximum Gasteiger partial charge on any atom is 0.197 e. The topological polar surface area (TPSA) is 56.5 Å². The van der Waals surface area contributed by atoms with Crippen molar-refractivity contribution in [1.82, 2.24) is 5.43 Å². The smallest absolute Gasteiger partial charge is 0.197 e. The minimum Gasteiger partial charge on any atom is -0.493 e. The zero-order valence-corrected chi connectivity index (χ0v) is 9.36. The van der Waals surface area contributed by atoms with Gasteiger partial charge in [0.05, 0.1) is 14.2 Å². The zero-order chi connectivity index (χ0) is 10.6. The standard InChI is InChI=1S/C9H13FN2O2.ClH/c1-13-7-4-3-6(5-12-11)8(10)9(7)14-2;/h3-4,12H,5,11H2,1-2H3;1H. The van der Waals surface area contributed by atoms with Crippen LogP contribution in [-0.4, -0.2) is 14.2 Å². The number of rotatable bonds is 4. The number of nitrogens with two attached hydrogens (primary N) is 1. The molecule has 86 valence electrons. The molecule has 0 heterocycles. The highest BCUT2D eigenvalue weighted by Gasteiger charge is 2.13. The van der Waals surface area contributed by atoms with E-state index in [0.29, 0.717) is 11.3 Å². The molecule has 0 amide bonds. The van der Waals surface area contributed by atoms with Gasteiger partial charge in [-0.15, -0.1) is 12.4 Å². The molecule has 4 nitrogen and oxygen atoms in total. The second-order valence-corrected chi connectivity index (χ2v) is 2.66. The molecule has 1 aromatic carbocycles. The number of hydrogen-bond donors (Lipinski definition) is 2. The Bertz CT molecular complexity index is 323. The van der Waals surface area contributed by atoms with Crippen molar-refractivity contribution < 1.29 is 13.9 Å². The summed E-state index contributed by atoms with van der Waals surface area (Å²) in [7, 11) is 2.85. The molecule has 1 aromatic rings. The molecule has 0 bridgehead atoms. The van der Waals surface area contributed by atoms with Crippen molar-refractivity contribution in [1.29, 1.82) is 0 Å². The molecule has 3 N–H and O–H groups in total. The summed E-state index contributed by atoms with van der Waals surface area (Å²) in [5.41, 5.74) is 2.81. The fourth-order valence-electron chi connectivity index (χ4n) is 1.18. The zero-order valence-electron chi connectivity index (χ0n) is 8.54.